The van der Waals surface area contributed by atoms with Crippen molar-refractivity contribution < 1.29 is 30.1 Å². The number of nitrogens with one attached hydrogen (secondary N) is 1. The lowest BCUT2D eigenvalue weighted by atomic mass is 9.53. The van der Waals surface area contributed by atoms with E-state index in [1.165, 1.54) is 11.1 Å². The van der Waals surface area contributed by atoms with Crippen molar-refractivity contribution in [3.63, 3.8) is 0 Å². The quantitative estimate of drug-likeness (QED) is 0.160. The molecule has 9 heteroatoms. The molecule has 52 heavy (non-hydrogen) atoms. The van der Waals surface area contributed by atoms with Crippen LogP contribution in [0.1, 0.15) is 80.5 Å². The highest BCUT2D eigenvalue weighted by Crippen LogP contribution is 2.65. The molecule has 0 bridgehead atoms. The molecule has 3 fully saturated rings. The Bertz CT molecular complexity index is 1700. The van der Waals surface area contributed by atoms with Crippen molar-refractivity contribution in [3.05, 3.63) is 95.1 Å². The molecule has 280 valence electrons. The maximum Gasteiger partial charge on any atom is 0.240 e. The number of anilines is 1. The van der Waals surface area contributed by atoms with Crippen LogP contribution in [0.5, 0.6) is 5.75 Å². The summed E-state index contributed by atoms with van der Waals surface area (Å²) < 4.78 is 0. The number of amides is 1. The van der Waals surface area contributed by atoms with E-state index in [0.29, 0.717) is 43.0 Å². The second-order valence-corrected chi connectivity index (χ2v) is 16.4. The smallest absolute Gasteiger partial charge is 0.240 e. The molecule has 7 rings (SSSR count). The highest BCUT2D eigenvalue weighted by atomic mass is 16.7. The molecule has 1 saturated heterocycles. The molecular formula is C43H57N3O6. The molecular weight excluding hydrogens is 654 g/mol. The van der Waals surface area contributed by atoms with Crippen LogP contribution in [0.4, 0.5) is 5.69 Å². The lowest BCUT2D eigenvalue weighted by Crippen LogP contribution is -2.51. The average Bonchev–Trinajstić information content (AvgIpc) is 3.64. The van der Waals surface area contributed by atoms with Gasteiger partial charge in [0.25, 0.3) is 0 Å². The van der Waals surface area contributed by atoms with E-state index in [-0.39, 0.29) is 17.9 Å². The number of aryl methyl sites for hydroxylation is 1. The van der Waals surface area contributed by atoms with Gasteiger partial charge >= 0.3 is 0 Å². The van der Waals surface area contributed by atoms with Crippen molar-refractivity contribution in [2.75, 3.05) is 31.6 Å². The third kappa shape index (κ3) is 6.98. The van der Waals surface area contributed by atoms with Gasteiger partial charge in [-0.05, 0) is 122 Å². The fourth-order valence-corrected chi connectivity index (χ4v) is 10.6. The van der Waals surface area contributed by atoms with Crippen LogP contribution in [0.2, 0.25) is 0 Å². The zero-order valence-electron chi connectivity index (χ0n) is 31.0. The third-order valence-electron chi connectivity index (χ3n) is 13.4. The first kappa shape index (κ1) is 36.9. The van der Waals surface area contributed by atoms with Gasteiger partial charge in [-0.1, -0.05) is 55.5 Å². The van der Waals surface area contributed by atoms with Crippen LogP contribution in [0.25, 0.3) is 0 Å². The highest BCUT2D eigenvalue weighted by molar-refractivity contribution is 5.82. The number of carbonyl (C=O) groups is 1. The Kier molecular flexibility index (Phi) is 10.7. The molecule has 9 atom stereocenters. The summed E-state index contributed by atoms with van der Waals surface area (Å²) in [7, 11) is 2.03. The average molecular weight is 712 g/mol. The number of phenols is 1. The summed E-state index contributed by atoms with van der Waals surface area (Å²) in [6, 6.07) is 23.4. The van der Waals surface area contributed by atoms with Crippen LogP contribution < -0.4 is 10.2 Å². The van der Waals surface area contributed by atoms with Gasteiger partial charge in [-0.15, -0.1) is 0 Å². The fraction of sp³-hybridized carbons (Fsp3) is 0.558. The Morgan fingerprint density at radius 1 is 1.04 bits per heavy atom. The van der Waals surface area contributed by atoms with Crippen LogP contribution in [0.15, 0.2) is 72.8 Å². The molecule has 1 aliphatic heterocycles. The van der Waals surface area contributed by atoms with Gasteiger partial charge in [-0.3, -0.25) is 9.63 Å². The summed E-state index contributed by atoms with van der Waals surface area (Å²) in [4.78, 5) is 22.1. The van der Waals surface area contributed by atoms with Crippen molar-refractivity contribution in [2.24, 2.45) is 23.2 Å². The van der Waals surface area contributed by atoms with Crippen LogP contribution >= 0.6 is 0 Å². The summed E-state index contributed by atoms with van der Waals surface area (Å²) in [5.41, 5.74) is 4.76. The van der Waals surface area contributed by atoms with Gasteiger partial charge in [0.15, 0.2) is 0 Å². The number of para-hydroxylation sites is 1. The standard InChI is InChI=1S/C43H57N3O6/c1-28(48)39-38(27-47)52-46(40(39)41(50)44-21-8-22-45(3)32-11-5-4-6-12-32)26-30-10-7-9-29(23-30)25-43(51)20-18-37-35-16-14-31-13-15-33(49)24-36(31)34(35)17-19-42(37,43)2/h4-7,9-13,15,23-24,28,34-35,37-40,47-49,51H,8,14,16-22,25-27H2,1-3H3,(H,44,50)/t28-,34-,35+,37?,38-,39+,40-,42-,43+/m0/s1. The van der Waals surface area contributed by atoms with Crippen molar-refractivity contribution in [1.82, 2.24) is 10.4 Å². The number of aliphatic hydroxyl groups excluding tert-OH is 2. The van der Waals surface area contributed by atoms with E-state index in [9.17, 15) is 25.2 Å². The summed E-state index contributed by atoms with van der Waals surface area (Å²) in [5.74, 6) is 0.901. The molecule has 1 unspecified atom stereocenters. The minimum absolute atomic E-state index is 0.200. The van der Waals surface area contributed by atoms with Gasteiger partial charge < -0.3 is 30.6 Å². The third-order valence-corrected chi connectivity index (χ3v) is 13.4. The molecule has 0 spiro atoms. The second-order valence-electron chi connectivity index (χ2n) is 16.4. The molecule has 0 aromatic heterocycles. The van der Waals surface area contributed by atoms with Crippen molar-refractivity contribution >= 4 is 11.6 Å². The Morgan fingerprint density at radius 3 is 2.60 bits per heavy atom. The van der Waals surface area contributed by atoms with Gasteiger partial charge in [-0.25, -0.2) is 0 Å². The fourth-order valence-electron chi connectivity index (χ4n) is 10.6. The SMILES string of the molecule is C[C@H](O)[C@@H]1[C@H](CO)ON(Cc2cccc(C[C@]3(O)CCC4[C@@H]5CCc6ccc(O)cc6[C@H]5CC[C@@]43C)c2)[C@@H]1C(=O)NCCCN(C)c1ccccc1. The van der Waals surface area contributed by atoms with E-state index < -0.39 is 29.8 Å². The van der Waals surface area contributed by atoms with Crippen LogP contribution in [0, 0.1) is 23.2 Å². The Morgan fingerprint density at radius 2 is 1.83 bits per heavy atom. The van der Waals surface area contributed by atoms with Crippen LogP contribution in [0.3, 0.4) is 0 Å². The van der Waals surface area contributed by atoms with Crippen LogP contribution in [-0.4, -0.2) is 82.0 Å². The predicted octanol–water partition coefficient (Wildman–Crippen LogP) is 5.34. The predicted molar refractivity (Wildman–Crippen MR) is 202 cm³/mol. The normalized spacial score (nSPS) is 31.7. The Hall–Kier alpha value is -3.47. The lowest BCUT2D eigenvalue weighted by molar-refractivity contribution is -0.181. The summed E-state index contributed by atoms with van der Waals surface area (Å²) in [5, 5.41) is 48.4. The number of nitrogens with zero attached hydrogens (tertiary/aromatic N) is 2. The second kappa shape index (κ2) is 15.1. The molecule has 1 heterocycles. The van der Waals surface area contributed by atoms with Crippen LogP contribution in [-0.2, 0) is 29.0 Å². The van der Waals surface area contributed by atoms with E-state index in [2.05, 4.69) is 47.5 Å². The Labute approximate surface area is 308 Å². The van der Waals surface area contributed by atoms with Gasteiger partial charge in [0, 0.05) is 38.2 Å². The number of aromatic hydroxyl groups is 1. The van der Waals surface area contributed by atoms with Gasteiger partial charge in [0.1, 0.15) is 17.9 Å². The first-order valence-electron chi connectivity index (χ1n) is 19.4. The van der Waals surface area contributed by atoms with Gasteiger partial charge in [0.2, 0.25) is 5.91 Å². The number of hydroxylamine groups is 2. The van der Waals surface area contributed by atoms with Crippen molar-refractivity contribution in [3.8, 4) is 5.75 Å². The monoisotopic (exact) mass is 711 g/mol. The van der Waals surface area contributed by atoms with E-state index >= 15 is 0 Å². The summed E-state index contributed by atoms with van der Waals surface area (Å²) in [6.45, 7) is 5.20. The van der Waals surface area contributed by atoms with Gasteiger partial charge in [-0.2, -0.15) is 5.06 Å². The minimum atomic E-state index is -0.864. The van der Waals surface area contributed by atoms with Crippen molar-refractivity contribution in [2.45, 2.75) is 102 Å². The lowest BCUT2D eigenvalue weighted by Gasteiger charge is -2.53. The largest absolute Gasteiger partial charge is 0.508 e. The molecule has 4 aliphatic rings. The van der Waals surface area contributed by atoms with E-state index in [1.807, 2.05) is 49.5 Å². The number of benzene rings is 3. The maximum atomic E-state index is 13.7. The zero-order valence-corrected chi connectivity index (χ0v) is 31.0. The molecule has 1 amide bonds. The van der Waals surface area contributed by atoms with Crippen molar-refractivity contribution in [1.29, 1.82) is 0 Å². The first-order chi connectivity index (χ1) is 25.0. The highest BCUT2D eigenvalue weighted by Gasteiger charge is 2.61. The number of hydrogen-bond acceptors (Lipinski definition) is 8. The molecule has 0 radical (unpaired) electrons. The number of rotatable bonds is 12. The molecule has 5 N–H and O–H groups in total. The number of fused-ring (bicyclic) bond motifs is 5. The van der Waals surface area contributed by atoms with Gasteiger partial charge in [0.05, 0.1) is 24.9 Å². The first-order valence-corrected chi connectivity index (χ1v) is 19.4. The maximum absolute atomic E-state index is 13.7. The molecule has 9 nitrogen and oxygen atoms in total. The summed E-state index contributed by atoms with van der Waals surface area (Å²) in [6.07, 6.45) is 5.64. The zero-order chi connectivity index (χ0) is 36.6. The molecule has 3 aromatic carbocycles. The Balaban J connectivity index is 1.02. The number of carbonyl (C=O) groups excluding carboxylic acids is 1. The minimum Gasteiger partial charge on any atom is -0.508 e. The molecule has 3 aromatic rings. The topological polar surface area (TPSA) is 126 Å². The van der Waals surface area contributed by atoms with E-state index in [4.69, 9.17) is 4.84 Å². The molecule has 2 saturated carbocycles. The number of phenolic OH excluding ortho intramolecular Hbond substituents is 1. The number of hydrogen-bond donors (Lipinski definition) is 5. The van der Waals surface area contributed by atoms with E-state index in [0.717, 1.165) is 68.3 Å². The van der Waals surface area contributed by atoms with E-state index in [1.54, 1.807) is 12.0 Å². The number of aliphatic hydroxyl groups is 3. The molecule has 3 aliphatic carbocycles. The summed E-state index contributed by atoms with van der Waals surface area (Å²) >= 11 is 0.